The van der Waals surface area contributed by atoms with Crippen LogP contribution in [0, 0.1) is 0 Å². The van der Waals surface area contributed by atoms with E-state index in [1.165, 1.54) is 0 Å². The highest BCUT2D eigenvalue weighted by Crippen LogP contribution is 2.17. The molecule has 4 N–H and O–H groups in total. The smallest absolute Gasteiger partial charge is 0.258 e. The molecule has 0 aliphatic carbocycles. The predicted octanol–water partition coefficient (Wildman–Crippen LogP) is 3.77. The van der Waals surface area contributed by atoms with E-state index in [4.69, 9.17) is 5.73 Å². The minimum atomic E-state index is -2.57. The average Bonchev–Trinajstić information content (AvgIpc) is 2.83. The Morgan fingerprint density at radius 1 is 1.12 bits per heavy atom. The number of anilines is 1. The summed E-state index contributed by atoms with van der Waals surface area (Å²) in [6, 6.07) is 16.3. The van der Waals surface area contributed by atoms with Crippen LogP contribution in [0.15, 0.2) is 82.8 Å². The quantitative estimate of drug-likeness (QED) is 0.207. The van der Waals surface area contributed by atoms with Gasteiger partial charge in [0.2, 0.25) is 0 Å². The van der Waals surface area contributed by atoms with E-state index in [0.717, 1.165) is 17.7 Å². The Labute approximate surface area is 204 Å². The summed E-state index contributed by atoms with van der Waals surface area (Å²) >= 11 is 0. The van der Waals surface area contributed by atoms with Gasteiger partial charge >= 0.3 is 0 Å². The van der Waals surface area contributed by atoms with Gasteiger partial charge in [-0.05, 0) is 62.3 Å². The lowest BCUT2D eigenvalue weighted by atomic mass is 10.1. The zero-order chi connectivity index (χ0) is 25.7. The highest BCUT2D eigenvalue weighted by atomic mass is 32.2. The van der Waals surface area contributed by atoms with Crippen molar-refractivity contribution in [3.63, 3.8) is 0 Å². The summed E-state index contributed by atoms with van der Waals surface area (Å²) in [5, 5.41) is 2.72. The van der Waals surface area contributed by atoms with Gasteiger partial charge in [0.25, 0.3) is 5.91 Å². The third-order valence-electron chi connectivity index (χ3n) is 4.60. The summed E-state index contributed by atoms with van der Waals surface area (Å²) in [6.45, 7) is 10.9. The normalized spacial score (nSPS) is 13.5. The van der Waals surface area contributed by atoms with Gasteiger partial charge in [-0.1, -0.05) is 50.8 Å². The maximum absolute atomic E-state index is 12.8. The van der Waals surface area contributed by atoms with Crippen LogP contribution in [-0.4, -0.2) is 53.9 Å². The fourth-order valence-electron chi connectivity index (χ4n) is 2.62. The Hall–Kier alpha value is -3.20. The van der Waals surface area contributed by atoms with Crippen molar-refractivity contribution in [1.29, 1.82) is 0 Å². The third kappa shape index (κ3) is 9.35. The molecular weight excluding hydrogens is 446 g/mol. The van der Waals surface area contributed by atoms with Gasteiger partial charge in [0.1, 0.15) is 5.84 Å². The number of benzene rings is 2. The Balaban J connectivity index is 0.00000281. The minimum absolute atomic E-state index is 0.0280. The zero-order valence-corrected chi connectivity index (χ0v) is 21.6. The Bertz CT molecular complexity index is 1100. The molecule has 1 atom stereocenters. The van der Waals surface area contributed by atoms with E-state index in [1.807, 2.05) is 70.1 Å². The van der Waals surface area contributed by atoms with E-state index in [1.54, 1.807) is 30.5 Å². The monoisotopic (exact) mass is 483 g/mol. The fourth-order valence-corrected chi connectivity index (χ4v) is 3.78. The van der Waals surface area contributed by atoms with Crippen molar-refractivity contribution >= 4 is 38.6 Å². The first-order chi connectivity index (χ1) is 16.1. The molecule has 0 saturated carbocycles. The number of aliphatic imine (C=N–C) groups is 1. The molecule has 1 unspecified atom stereocenters. The van der Waals surface area contributed by atoms with Crippen LogP contribution in [-0.2, 0) is 14.5 Å². The molecule has 1 amide bonds. The number of allylic oxidation sites excluding steroid dienone is 1. The topological polar surface area (TPSA) is 99.8 Å². The van der Waals surface area contributed by atoms with E-state index >= 15 is 0 Å². The van der Waals surface area contributed by atoms with Crippen molar-refractivity contribution in [1.82, 2.24) is 9.62 Å². The summed E-state index contributed by atoms with van der Waals surface area (Å²) in [6.07, 6.45) is 1.57. The molecule has 0 heterocycles. The van der Waals surface area contributed by atoms with Gasteiger partial charge in [-0.2, -0.15) is 0 Å². The van der Waals surface area contributed by atoms with Crippen molar-refractivity contribution in [2.75, 3.05) is 32.5 Å². The molecular formula is C26H37N5O2S. The third-order valence-corrected chi connectivity index (χ3v) is 6.30. The molecule has 0 spiro atoms. The number of hydrogen-bond donors (Lipinski definition) is 3. The lowest BCUT2D eigenvalue weighted by Gasteiger charge is -2.14. The van der Waals surface area contributed by atoms with E-state index in [9.17, 15) is 9.00 Å². The van der Waals surface area contributed by atoms with E-state index in [2.05, 4.69) is 27.5 Å². The number of carbonyl (C=O) groups is 1. The van der Waals surface area contributed by atoms with Gasteiger partial charge in [-0.3, -0.25) is 4.79 Å². The van der Waals surface area contributed by atoms with Crippen LogP contribution >= 0.6 is 0 Å². The highest BCUT2D eigenvalue weighted by Gasteiger charge is 2.11. The number of carbonyl (C=O) groups excluding carboxylic acids is 1. The van der Waals surface area contributed by atoms with Crippen molar-refractivity contribution in [3.05, 3.63) is 78.5 Å². The van der Waals surface area contributed by atoms with Gasteiger partial charge in [0.05, 0.1) is 15.3 Å². The van der Waals surface area contributed by atoms with Crippen LogP contribution in [0.4, 0.5) is 5.69 Å². The second-order valence-electron chi connectivity index (χ2n) is 7.52. The lowest BCUT2D eigenvalue weighted by molar-refractivity contribution is -0.112. The summed E-state index contributed by atoms with van der Waals surface area (Å²) in [7, 11) is 1.34. The number of para-hydroxylation sites is 1. The first-order valence-electron chi connectivity index (χ1n) is 11.0. The van der Waals surface area contributed by atoms with Gasteiger partial charge in [-0.25, -0.2) is 13.9 Å². The van der Waals surface area contributed by atoms with Crippen LogP contribution in [0.5, 0.6) is 0 Å². The minimum Gasteiger partial charge on any atom is -0.383 e. The number of likely N-dealkylation sites (N-methyl/N-ethyl adjacent to an activating group) is 1. The lowest BCUT2D eigenvalue weighted by Crippen LogP contribution is -2.31. The van der Waals surface area contributed by atoms with Crippen LogP contribution in [0.3, 0.4) is 0 Å². The van der Waals surface area contributed by atoms with Crippen LogP contribution in [0.1, 0.15) is 26.3 Å². The molecule has 8 heteroatoms. The van der Waals surface area contributed by atoms with Crippen LogP contribution in [0.2, 0.25) is 0 Å². The Morgan fingerprint density at radius 2 is 1.71 bits per heavy atom. The number of hydrogen-bond acceptors (Lipinski definition) is 4. The van der Waals surface area contributed by atoms with E-state index < -0.39 is 15.6 Å². The SMILES string of the molecule is C=C(C(=O)Nc1ccccc1)C(N)=N/C=C(\C)c1ccc(S(=C)(=O)NCCN(C)C)cc1.CC. The first kappa shape index (κ1) is 28.8. The Morgan fingerprint density at radius 3 is 2.26 bits per heavy atom. The standard InChI is InChI=1S/C24H31N5O2S.C2H6/c1-18(17-26-23(25)19(2)24(30)28-21-9-7-6-8-10-21)20-11-13-22(14-12-20)32(5,31)27-15-16-29(3)4;1-2/h6-14,17H,2,5,15-16H2,1,3-4H3,(H2,25,26)(H,27,31)(H,28,30);1-2H3/b18-17+;. The number of nitrogens with zero attached hydrogens (tertiary/aromatic N) is 2. The molecule has 0 radical (unpaired) electrons. The summed E-state index contributed by atoms with van der Waals surface area (Å²) in [5.74, 6) is 3.45. The largest absolute Gasteiger partial charge is 0.383 e. The number of amides is 1. The summed E-state index contributed by atoms with van der Waals surface area (Å²) in [4.78, 5) is 19.1. The van der Waals surface area contributed by atoms with Crippen LogP contribution < -0.4 is 15.8 Å². The van der Waals surface area contributed by atoms with Crippen molar-refractivity contribution in [2.45, 2.75) is 25.7 Å². The molecule has 0 aliphatic rings. The average molecular weight is 484 g/mol. The molecule has 34 heavy (non-hydrogen) atoms. The van der Waals surface area contributed by atoms with Crippen molar-refractivity contribution in [3.8, 4) is 0 Å². The van der Waals surface area contributed by atoms with Crippen molar-refractivity contribution < 1.29 is 9.00 Å². The molecule has 2 rings (SSSR count). The van der Waals surface area contributed by atoms with Gasteiger partial charge in [0, 0.05) is 29.9 Å². The molecule has 2 aromatic carbocycles. The molecule has 0 aromatic heterocycles. The Kier molecular flexibility index (Phi) is 12.0. The molecule has 2 aromatic rings. The maximum atomic E-state index is 12.8. The molecule has 0 aliphatic heterocycles. The second-order valence-corrected chi connectivity index (χ2v) is 9.63. The zero-order valence-electron chi connectivity index (χ0n) is 20.8. The van der Waals surface area contributed by atoms with Gasteiger partial charge in [-0.15, -0.1) is 0 Å². The number of amidine groups is 1. The molecule has 0 fully saturated rings. The predicted molar refractivity (Wildman–Crippen MR) is 147 cm³/mol. The van der Waals surface area contributed by atoms with E-state index in [-0.39, 0.29) is 11.4 Å². The molecule has 0 bridgehead atoms. The molecule has 0 saturated heterocycles. The fraction of sp³-hybridized carbons (Fsp3) is 0.269. The number of nitrogens with one attached hydrogen (secondary N) is 2. The van der Waals surface area contributed by atoms with Gasteiger partial charge in [0.15, 0.2) is 0 Å². The first-order valence-corrected chi connectivity index (χ1v) is 12.8. The number of rotatable bonds is 10. The maximum Gasteiger partial charge on any atom is 0.258 e. The van der Waals surface area contributed by atoms with Crippen LogP contribution in [0.25, 0.3) is 5.57 Å². The number of nitrogens with two attached hydrogens (primary N) is 1. The molecule has 7 nitrogen and oxygen atoms in total. The second kappa shape index (κ2) is 14.1. The molecule has 184 valence electrons. The van der Waals surface area contributed by atoms with Gasteiger partial charge < -0.3 is 16.0 Å². The summed E-state index contributed by atoms with van der Waals surface area (Å²) in [5.41, 5.74) is 8.37. The van der Waals surface area contributed by atoms with E-state index in [0.29, 0.717) is 17.1 Å². The van der Waals surface area contributed by atoms with Crippen molar-refractivity contribution in [2.24, 2.45) is 10.7 Å². The highest BCUT2D eigenvalue weighted by molar-refractivity contribution is 7.98. The summed E-state index contributed by atoms with van der Waals surface area (Å²) < 4.78 is 15.8.